The van der Waals surface area contributed by atoms with Crippen LogP contribution in [0, 0.1) is 5.82 Å². The molecule has 0 heterocycles. The molecule has 0 bridgehead atoms. The predicted octanol–water partition coefficient (Wildman–Crippen LogP) is 3.43. The molecule has 5 heteroatoms. The summed E-state index contributed by atoms with van der Waals surface area (Å²) >= 11 is 0. The molecule has 23 heavy (non-hydrogen) atoms. The molecule has 0 aliphatic heterocycles. The van der Waals surface area contributed by atoms with Crippen molar-refractivity contribution in [3.05, 3.63) is 54.3 Å². The van der Waals surface area contributed by atoms with Crippen LogP contribution in [-0.4, -0.2) is 23.8 Å². The van der Waals surface area contributed by atoms with Crippen LogP contribution in [0.2, 0.25) is 0 Å². The van der Waals surface area contributed by atoms with Gasteiger partial charge in [0.2, 0.25) is 0 Å². The van der Waals surface area contributed by atoms with Gasteiger partial charge in [0.1, 0.15) is 17.3 Å². The van der Waals surface area contributed by atoms with Gasteiger partial charge in [-0.15, -0.1) is 0 Å². The summed E-state index contributed by atoms with van der Waals surface area (Å²) in [5, 5.41) is 10.1. The van der Waals surface area contributed by atoms with Crippen LogP contribution in [0.4, 0.5) is 4.39 Å². The lowest BCUT2D eigenvalue weighted by Gasteiger charge is -2.37. The lowest BCUT2D eigenvalue weighted by atomic mass is 9.82. The Labute approximate surface area is 137 Å². The second-order valence-electron chi connectivity index (χ2n) is 6.43. The molecular weight excluding hydrogens is 294 g/mol. The number of hydrogen-bond acceptors (Lipinski definition) is 3. The minimum absolute atomic E-state index is 0.297. The van der Waals surface area contributed by atoms with Crippen molar-refractivity contribution in [2.24, 2.45) is 0 Å². The fraction of sp³-hybridized carbons (Fsp3) is 0.333. The average molecular weight is 315 g/mol. The van der Waals surface area contributed by atoms with E-state index in [1.165, 1.54) is 12.1 Å². The normalized spacial score (nSPS) is 12.1. The molecule has 0 atom stereocenters. The van der Waals surface area contributed by atoms with Crippen LogP contribution in [0.15, 0.2) is 48.5 Å². The van der Waals surface area contributed by atoms with E-state index in [9.17, 15) is 9.50 Å². The summed E-state index contributed by atoms with van der Waals surface area (Å²) in [6.45, 7) is 7.08. The number of rotatable bonds is 6. The summed E-state index contributed by atoms with van der Waals surface area (Å²) < 4.78 is 24.2. The topological polar surface area (TPSA) is 38.7 Å². The summed E-state index contributed by atoms with van der Waals surface area (Å²) in [7, 11) is 1.61. The second kappa shape index (κ2) is 6.73. The molecule has 3 nitrogen and oxygen atoms in total. The first-order valence-electron chi connectivity index (χ1n) is 7.44. The zero-order chi connectivity index (χ0) is 17.1. The van der Waals surface area contributed by atoms with Gasteiger partial charge >= 0.3 is 7.48 Å². The van der Waals surface area contributed by atoms with Crippen molar-refractivity contribution >= 4 is 12.9 Å². The van der Waals surface area contributed by atoms with Gasteiger partial charge in [-0.05, 0) is 64.1 Å². The molecule has 2 aromatic rings. The van der Waals surface area contributed by atoms with E-state index in [-0.39, 0.29) is 5.82 Å². The first-order chi connectivity index (χ1) is 10.7. The molecule has 0 saturated heterocycles. The highest BCUT2D eigenvalue weighted by Gasteiger charge is 2.35. The Balaban J connectivity index is 1.96. The highest BCUT2D eigenvalue weighted by atomic mass is 19.1. The van der Waals surface area contributed by atoms with E-state index in [0.29, 0.717) is 11.5 Å². The van der Waals surface area contributed by atoms with Gasteiger partial charge in [-0.2, -0.15) is 0 Å². The third kappa shape index (κ3) is 4.81. The smallest absolute Gasteiger partial charge is 0.330 e. The van der Waals surface area contributed by atoms with Crippen LogP contribution >= 0.6 is 0 Å². The molecule has 2 aromatic carbocycles. The zero-order valence-electron chi connectivity index (χ0n) is 13.8. The van der Waals surface area contributed by atoms with E-state index in [2.05, 4.69) is 0 Å². The Hall–Kier alpha value is -1.85. The van der Waals surface area contributed by atoms with Gasteiger partial charge in [0.25, 0.3) is 0 Å². The Bertz CT molecular complexity index is 631. The van der Waals surface area contributed by atoms with E-state index in [1.807, 2.05) is 26.0 Å². The van der Waals surface area contributed by atoms with Crippen LogP contribution in [0.25, 0.3) is 0 Å². The average Bonchev–Trinajstić information content (AvgIpc) is 2.48. The van der Waals surface area contributed by atoms with Gasteiger partial charge in [-0.1, -0.05) is 17.6 Å². The monoisotopic (exact) mass is 315 g/mol. The SMILES string of the molecule is CC(C)(O)C(C)(C)O[B]c1ccc(Oc2ccc(F)cc2)cc1. The molecule has 1 radical (unpaired) electrons. The standard InChI is InChI=1S/C18H21BFO3/c1-17(2,21)18(3,4)23-19-13-5-9-15(10-6-13)22-16-11-7-14(20)8-12-16/h5-12,21H,1-4H3. The maximum atomic E-state index is 12.9. The molecule has 0 amide bonds. The summed E-state index contributed by atoms with van der Waals surface area (Å²) in [5.74, 6) is 0.923. The molecule has 2 rings (SSSR count). The molecule has 0 aliphatic carbocycles. The second-order valence-corrected chi connectivity index (χ2v) is 6.43. The minimum Gasteiger partial charge on any atom is -0.457 e. The lowest BCUT2D eigenvalue weighted by molar-refractivity contribution is -0.0893. The maximum absolute atomic E-state index is 12.9. The van der Waals surface area contributed by atoms with Gasteiger partial charge < -0.3 is 14.5 Å². The van der Waals surface area contributed by atoms with Gasteiger partial charge in [-0.25, -0.2) is 4.39 Å². The van der Waals surface area contributed by atoms with Crippen LogP contribution in [0.1, 0.15) is 27.7 Å². The van der Waals surface area contributed by atoms with Crippen molar-refractivity contribution in [1.29, 1.82) is 0 Å². The van der Waals surface area contributed by atoms with Crippen molar-refractivity contribution in [2.75, 3.05) is 0 Å². The molecule has 1 N–H and O–H groups in total. The molecule has 0 spiro atoms. The minimum atomic E-state index is -0.963. The van der Waals surface area contributed by atoms with Crippen LogP contribution in [-0.2, 0) is 4.65 Å². The van der Waals surface area contributed by atoms with Crippen molar-refractivity contribution in [3.63, 3.8) is 0 Å². The maximum Gasteiger partial charge on any atom is 0.330 e. The molecule has 0 fully saturated rings. The summed E-state index contributed by atoms with van der Waals surface area (Å²) in [5.41, 5.74) is -0.820. The van der Waals surface area contributed by atoms with E-state index in [0.717, 1.165) is 5.46 Å². The molecule has 0 aromatic heterocycles. The zero-order valence-corrected chi connectivity index (χ0v) is 13.8. The third-order valence-corrected chi connectivity index (χ3v) is 3.89. The number of aliphatic hydroxyl groups is 1. The van der Waals surface area contributed by atoms with Gasteiger partial charge in [0, 0.05) is 0 Å². The summed E-state index contributed by atoms with van der Waals surface area (Å²) in [6, 6.07) is 13.1. The Morgan fingerprint density at radius 3 is 1.83 bits per heavy atom. The quantitative estimate of drug-likeness (QED) is 0.830. The number of benzene rings is 2. The van der Waals surface area contributed by atoms with Crippen molar-refractivity contribution in [2.45, 2.75) is 38.9 Å². The van der Waals surface area contributed by atoms with Crippen molar-refractivity contribution in [3.8, 4) is 11.5 Å². The van der Waals surface area contributed by atoms with E-state index in [1.54, 1.807) is 45.6 Å². The van der Waals surface area contributed by atoms with Crippen LogP contribution < -0.4 is 10.2 Å². The fourth-order valence-corrected chi connectivity index (χ4v) is 1.61. The Morgan fingerprint density at radius 2 is 1.35 bits per heavy atom. The lowest BCUT2D eigenvalue weighted by Crippen LogP contribution is -2.49. The van der Waals surface area contributed by atoms with Crippen molar-refractivity contribution < 1.29 is 18.9 Å². The first-order valence-corrected chi connectivity index (χ1v) is 7.44. The molecule has 121 valence electrons. The third-order valence-electron chi connectivity index (χ3n) is 3.89. The Kier molecular flexibility index (Phi) is 5.12. The van der Waals surface area contributed by atoms with Gasteiger partial charge in [-0.3, -0.25) is 0 Å². The summed E-state index contributed by atoms with van der Waals surface area (Å²) in [6.07, 6.45) is 0. The number of halogens is 1. The van der Waals surface area contributed by atoms with E-state index < -0.39 is 11.2 Å². The highest BCUT2D eigenvalue weighted by Crippen LogP contribution is 2.24. The van der Waals surface area contributed by atoms with Crippen LogP contribution in [0.5, 0.6) is 11.5 Å². The molecular formula is C18H21BFO3. The van der Waals surface area contributed by atoms with E-state index in [4.69, 9.17) is 9.39 Å². The van der Waals surface area contributed by atoms with E-state index >= 15 is 0 Å². The first kappa shape index (κ1) is 17.5. The molecule has 0 saturated carbocycles. The largest absolute Gasteiger partial charge is 0.457 e. The van der Waals surface area contributed by atoms with Gasteiger partial charge in [0.05, 0.1) is 11.2 Å². The Morgan fingerprint density at radius 1 is 0.870 bits per heavy atom. The number of ether oxygens (including phenoxy) is 1. The fourth-order valence-electron chi connectivity index (χ4n) is 1.61. The highest BCUT2D eigenvalue weighted by molar-refractivity contribution is 6.47. The predicted molar refractivity (Wildman–Crippen MR) is 89.8 cm³/mol. The molecule has 0 unspecified atom stereocenters. The van der Waals surface area contributed by atoms with Crippen molar-refractivity contribution in [1.82, 2.24) is 0 Å². The number of hydrogen-bond donors (Lipinski definition) is 1. The molecule has 0 aliphatic rings. The van der Waals surface area contributed by atoms with Gasteiger partial charge in [0.15, 0.2) is 0 Å². The summed E-state index contributed by atoms with van der Waals surface area (Å²) in [4.78, 5) is 0. The van der Waals surface area contributed by atoms with Crippen LogP contribution in [0.3, 0.4) is 0 Å².